The standard InChI is InChI=1S/C11H19NO2S/c1-9(2)14-8-10(13)6-12-7-11-4-3-5-15-11/h3-5,9-10,12-13H,6-8H2,1-2H3. The number of aliphatic hydroxyl groups excluding tert-OH is 1. The second kappa shape index (κ2) is 6.95. The van der Waals surface area contributed by atoms with E-state index in [4.69, 9.17) is 4.74 Å². The molecule has 15 heavy (non-hydrogen) atoms. The molecule has 1 aromatic rings. The lowest BCUT2D eigenvalue weighted by molar-refractivity contribution is 0.00632. The van der Waals surface area contributed by atoms with Crippen LogP contribution < -0.4 is 5.32 Å². The summed E-state index contributed by atoms with van der Waals surface area (Å²) in [4.78, 5) is 1.28. The maximum Gasteiger partial charge on any atom is 0.0897 e. The average Bonchev–Trinajstić information content (AvgIpc) is 2.67. The molecular formula is C11H19NO2S. The van der Waals surface area contributed by atoms with Crippen molar-refractivity contribution in [3.63, 3.8) is 0 Å². The van der Waals surface area contributed by atoms with Crippen molar-refractivity contribution in [2.24, 2.45) is 0 Å². The molecule has 0 amide bonds. The van der Waals surface area contributed by atoms with Crippen LogP contribution in [0.3, 0.4) is 0 Å². The second-order valence-electron chi connectivity index (χ2n) is 3.75. The smallest absolute Gasteiger partial charge is 0.0897 e. The molecule has 1 atom stereocenters. The molecule has 0 saturated heterocycles. The van der Waals surface area contributed by atoms with E-state index < -0.39 is 6.10 Å². The molecule has 3 nitrogen and oxygen atoms in total. The highest BCUT2D eigenvalue weighted by Gasteiger charge is 2.05. The van der Waals surface area contributed by atoms with Gasteiger partial charge in [-0.2, -0.15) is 0 Å². The van der Waals surface area contributed by atoms with Crippen LogP contribution in [-0.4, -0.2) is 30.5 Å². The summed E-state index contributed by atoms with van der Waals surface area (Å²) >= 11 is 1.72. The predicted octanol–water partition coefficient (Wildman–Crippen LogP) is 1.62. The monoisotopic (exact) mass is 229 g/mol. The summed E-state index contributed by atoms with van der Waals surface area (Å²) in [7, 11) is 0. The summed E-state index contributed by atoms with van der Waals surface area (Å²) in [5.41, 5.74) is 0. The van der Waals surface area contributed by atoms with E-state index >= 15 is 0 Å². The molecule has 0 radical (unpaired) electrons. The Kier molecular flexibility index (Phi) is 5.86. The van der Waals surface area contributed by atoms with E-state index in [1.165, 1.54) is 4.88 Å². The van der Waals surface area contributed by atoms with Gasteiger partial charge in [-0.05, 0) is 25.3 Å². The van der Waals surface area contributed by atoms with E-state index in [2.05, 4.69) is 16.8 Å². The lowest BCUT2D eigenvalue weighted by Crippen LogP contribution is -2.30. The summed E-state index contributed by atoms with van der Waals surface area (Å²) in [6.45, 7) is 5.72. The van der Waals surface area contributed by atoms with Gasteiger partial charge < -0.3 is 15.2 Å². The number of thiophene rings is 1. The summed E-state index contributed by atoms with van der Waals surface area (Å²) in [6.07, 6.45) is -0.246. The molecule has 0 aromatic carbocycles. The first-order valence-electron chi connectivity index (χ1n) is 5.21. The van der Waals surface area contributed by atoms with Crippen molar-refractivity contribution in [1.29, 1.82) is 0 Å². The van der Waals surface area contributed by atoms with Crippen LogP contribution in [-0.2, 0) is 11.3 Å². The fraction of sp³-hybridized carbons (Fsp3) is 0.636. The molecule has 0 spiro atoms. The zero-order valence-corrected chi connectivity index (χ0v) is 10.1. The summed E-state index contributed by atoms with van der Waals surface area (Å²) in [6, 6.07) is 4.11. The van der Waals surface area contributed by atoms with Gasteiger partial charge in [-0.15, -0.1) is 11.3 Å². The van der Waals surface area contributed by atoms with Gasteiger partial charge in [0.25, 0.3) is 0 Å². The van der Waals surface area contributed by atoms with E-state index in [0.717, 1.165) is 6.54 Å². The van der Waals surface area contributed by atoms with E-state index in [1.54, 1.807) is 11.3 Å². The van der Waals surface area contributed by atoms with E-state index in [-0.39, 0.29) is 6.10 Å². The largest absolute Gasteiger partial charge is 0.389 e. The topological polar surface area (TPSA) is 41.5 Å². The zero-order chi connectivity index (χ0) is 11.1. The first kappa shape index (κ1) is 12.6. The van der Waals surface area contributed by atoms with Crippen LogP contribution in [0.2, 0.25) is 0 Å². The second-order valence-corrected chi connectivity index (χ2v) is 4.78. The Labute approximate surface area is 95.1 Å². The summed E-state index contributed by atoms with van der Waals surface area (Å²) in [5.74, 6) is 0. The van der Waals surface area contributed by atoms with Crippen LogP contribution in [0.5, 0.6) is 0 Å². The SMILES string of the molecule is CC(C)OCC(O)CNCc1cccs1. The Hall–Kier alpha value is -0.420. The Balaban J connectivity index is 2.04. The van der Waals surface area contributed by atoms with E-state index in [1.807, 2.05) is 19.9 Å². The molecule has 0 bridgehead atoms. The lowest BCUT2D eigenvalue weighted by atomic mass is 10.3. The van der Waals surface area contributed by atoms with Gasteiger partial charge in [-0.1, -0.05) is 6.07 Å². The quantitative estimate of drug-likeness (QED) is 0.746. The van der Waals surface area contributed by atoms with Crippen LogP contribution in [0.25, 0.3) is 0 Å². The Morgan fingerprint density at radius 3 is 2.93 bits per heavy atom. The third-order valence-electron chi connectivity index (χ3n) is 1.88. The van der Waals surface area contributed by atoms with Gasteiger partial charge in [0.2, 0.25) is 0 Å². The molecule has 0 aliphatic carbocycles. The number of hydrogen-bond acceptors (Lipinski definition) is 4. The third kappa shape index (κ3) is 5.89. The molecule has 86 valence electrons. The maximum atomic E-state index is 9.54. The molecule has 4 heteroatoms. The number of hydrogen-bond donors (Lipinski definition) is 2. The molecule has 1 rings (SSSR count). The summed E-state index contributed by atoms with van der Waals surface area (Å²) in [5, 5.41) is 14.8. The van der Waals surface area contributed by atoms with Crippen molar-refractivity contribution in [2.45, 2.75) is 32.6 Å². The van der Waals surface area contributed by atoms with Gasteiger partial charge >= 0.3 is 0 Å². The van der Waals surface area contributed by atoms with Crippen molar-refractivity contribution < 1.29 is 9.84 Å². The molecule has 0 aliphatic rings. The van der Waals surface area contributed by atoms with Crippen molar-refractivity contribution in [2.75, 3.05) is 13.2 Å². The minimum absolute atomic E-state index is 0.178. The number of ether oxygens (including phenoxy) is 1. The van der Waals surface area contributed by atoms with Gasteiger partial charge in [0.05, 0.1) is 18.8 Å². The van der Waals surface area contributed by atoms with Gasteiger partial charge in [-0.25, -0.2) is 0 Å². The van der Waals surface area contributed by atoms with Crippen LogP contribution in [0.1, 0.15) is 18.7 Å². The van der Waals surface area contributed by atoms with Crippen molar-refractivity contribution >= 4 is 11.3 Å². The van der Waals surface area contributed by atoms with Gasteiger partial charge in [0, 0.05) is 18.0 Å². The highest BCUT2D eigenvalue weighted by atomic mass is 32.1. The summed E-state index contributed by atoms with van der Waals surface area (Å²) < 4.78 is 5.30. The van der Waals surface area contributed by atoms with Crippen LogP contribution >= 0.6 is 11.3 Å². The van der Waals surface area contributed by atoms with E-state index in [9.17, 15) is 5.11 Å². The normalized spacial score (nSPS) is 13.3. The fourth-order valence-corrected chi connectivity index (χ4v) is 1.81. The van der Waals surface area contributed by atoms with Crippen LogP contribution in [0.15, 0.2) is 17.5 Å². The minimum atomic E-state index is -0.424. The lowest BCUT2D eigenvalue weighted by Gasteiger charge is -2.13. The van der Waals surface area contributed by atoms with Gasteiger partial charge in [0.15, 0.2) is 0 Å². The predicted molar refractivity (Wildman–Crippen MR) is 63.1 cm³/mol. The first-order chi connectivity index (χ1) is 7.18. The Morgan fingerprint density at radius 1 is 1.53 bits per heavy atom. The molecule has 0 fully saturated rings. The molecule has 2 N–H and O–H groups in total. The maximum absolute atomic E-state index is 9.54. The molecular weight excluding hydrogens is 210 g/mol. The Bertz CT molecular complexity index is 249. The molecule has 1 heterocycles. The Morgan fingerprint density at radius 2 is 2.33 bits per heavy atom. The van der Waals surface area contributed by atoms with Gasteiger partial charge in [0.1, 0.15) is 0 Å². The number of nitrogens with one attached hydrogen (secondary N) is 1. The van der Waals surface area contributed by atoms with E-state index in [0.29, 0.717) is 13.2 Å². The first-order valence-corrected chi connectivity index (χ1v) is 6.09. The highest BCUT2D eigenvalue weighted by Crippen LogP contribution is 2.07. The van der Waals surface area contributed by atoms with Crippen LogP contribution in [0.4, 0.5) is 0 Å². The fourth-order valence-electron chi connectivity index (χ4n) is 1.14. The van der Waals surface area contributed by atoms with Crippen molar-refractivity contribution in [3.8, 4) is 0 Å². The molecule has 0 aliphatic heterocycles. The van der Waals surface area contributed by atoms with Crippen molar-refractivity contribution in [3.05, 3.63) is 22.4 Å². The van der Waals surface area contributed by atoms with Gasteiger partial charge in [-0.3, -0.25) is 0 Å². The molecule has 0 saturated carbocycles. The average molecular weight is 229 g/mol. The van der Waals surface area contributed by atoms with Crippen molar-refractivity contribution in [1.82, 2.24) is 5.32 Å². The highest BCUT2D eigenvalue weighted by molar-refractivity contribution is 7.09. The minimum Gasteiger partial charge on any atom is -0.389 e. The third-order valence-corrected chi connectivity index (χ3v) is 2.76. The number of aliphatic hydroxyl groups is 1. The molecule has 1 unspecified atom stereocenters. The molecule has 1 aromatic heterocycles. The zero-order valence-electron chi connectivity index (χ0n) is 9.27. The van der Waals surface area contributed by atoms with Crippen LogP contribution in [0, 0.1) is 0 Å². The number of rotatable bonds is 7.